The maximum Gasteiger partial charge on any atom is 0.140 e. The predicted octanol–water partition coefficient (Wildman–Crippen LogP) is 5.83. The molecule has 2 nitrogen and oxygen atoms in total. The summed E-state index contributed by atoms with van der Waals surface area (Å²) in [4.78, 5) is 0. The molecule has 0 unspecified atom stereocenters. The summed E-state index contributed by atoms with van der Waals surface area (Å²) in [6.45, 7) is 2.09. The minimum Gasteiger partial charge on any atom is -0.465 e. The van der Waals surface area contributed by atoms with Crippen molar-refractivity contribution in [3.05, 3.63) is 126 Å². The van der Waals surface area contributed by atoms with Gasteiger partial charge in [0.1, 0.15) is 11.4 Å². The lowest BCUT2D eigenvalue weighted by atomic mass is 9.80. The summed E-state index contributed by atoms with van der Waals surface area (Å²) in [7, 11) is 0. The fourth-order valence-electron chi connectivity index (χ4n) is 3.01. The first-order valence-electron chi connectivity index (χ1n) is 9.17. The summed E-state index contributed by atoms with van der Waals surface area (Å²) in [5, 5.41) is 11.7. The number of hydrogen-bond donors (Lipinski definition) is 1. The van der Waals surface area contributed by atoms with E-state index in [-0.39, 0.29) is 0 Å². The van der Waals surface area contributed by atoms with E-state index < -0.39 is 5.60 Å². The van der Waals surface area contributed by atoms with Crippen LogP contribution in [0.2, 0.25) is 0 Å². The van der Waals surface area contributed by atoms with Crippen LogP contribution in [0.15, 0.2) is 109 Å². The lowest BCUT2D eigenvalue weighted by Gasteiger charge is -2.30. The van der Waals surface area contributed by atoms with Gasteiger partial charge in [-0.2, -0.15) is 0 Å². The molecule has 1 N–H and O–H groups in total. The fourth-order valence-corrected chi connectivity index (χ4v) is 3.01. The lowest BCUT2D eigenvalue weighted by Crippen LogP contribution is -2.28. The number of rotatable bonds is 7. The van der Waals surface area contributed by atoms with Crippen LogP contribution in [0.25, 0.3) is 0 Å². The van der Waals surface area contributed by atoms with Crippen molar-refractivity contribution in [1.29, 1.82) is 0 Å². The summed E-state index contributed by atoms with van der Waals surface area (Å²) in [6.07, 6.45) is 8.53. The smallest absolute Gasteiger partial charge is 0.140 e. The molecule has 136 valence electrons. The molecule has 27 heavy (non-hydrogen) atoms. The van der Waals surface area contributed by atoms with Gasteiger partial charge >= 0.3 is 0 Å². The third-order valence-electron chi connectivity index (χ3n) is 4.42. The van der Waals surface area contributed by atoms with Crippen LogP contribution in [0.3, 0.4) is 0 Å². The Bertz CT molecular complexity index is 839. The van der Waals surface area contributed by atoms with Crippen molar-refractivity contribution in [2.24, 2.45) is 0 Å². The summed E-state index contributed by atoms with van der Waals surface area (Å²) in [5.41, 5.74) is 1.23. The zero-order valence-corrected chi connectivity index (χ0v) is 15.5. The zero-order valence-electron chi connectivity index (χ0n) is 15.5. The van der Waals surface area contributed by atoms with Crippen LogP contribution >= 0.6 is 0 Å². The van der Waals surface area contributed by atoms with Crippen LogP contribution in [0.1, 0.15) is 30.0 Å². The van der Waals surface area contributed by atoms with Crippen LogP contribution < -0.4 is 4.74 Å². The maximum absolute atomic E-state index is 11.7. The van der Waals surface area contributed by atoms with Crippen LogP contribution in [-0.2, 0) is 5.60 Å². The van der Waals surface area contributed by atoms with E-state index in [1.165, 1.54) is 0 Å². The van der Waals surface area contributed by atoms with Crippen molar-refractivity contribution in [1.82, 2.24) is 0 Å². The van der Waals surface area contributed by atoms with E-state index >= 15 is 0 Å². The topological polar surface area (TPSA) is 29.5 Å². The molecule has 2 heteroatoms. The van der Waals surface area contributed by atoms with Crippen molar-refractivity contribution in [3.8, 4) is 5.75 Å². The molecule has 0 saturated heterocycles. The molecule has 0 spiro atoms. The molecule has 3 rings (SSSR count). The Morgan fingerprint density at radius 3 is 1.78 bits per heavy atom. The molecular weight excluding hydrogens is 332 g/mol. The van der Waals surface area contributed by atoms with Gasteiger partial charge in [0, 0.05) is 0 Å². The molecular formula is C25H24O2. The average Bonchev–Trinajstić information content (AvgIpc) is 2.75. The molecule has 0 heterocycles. The molecule has 0 saturated carbocycles. The van der Waals surface area contributed by atoms with Crippen molar-refractivity contribution in [2.75, 3.05) is 0 Å². The molecule has 0 radical (unpaired) electrons. The van der Waals surface area contributed by atoms with Crippen LogP contribution in [-0.4, -0.2) is 5.11 Å². The molecule has 0 aromatic heterocycles. The number of benzene rings is 3. The monoisotopic (exact) mass is 356 g/mol. The molecule has 0 amide bonds. The molecule has 0 aliphatic carbocycles. The Morgan fingerprint density at radius 1 is 0.741 bits per heavy atom. The third-order valence-corrected chi connectivity index (χ3v) is 4.42. The molecule has 0 bridgehead atoms. The van der Waals surface area contributed by atoms with E-state index in [0.717, 1.165) is 28.9 Å². The molecule has 0 aliphatic rings. The van der Waals surface area contributed by atoms with Gasteiger partial charge in [-0.15, -0.1) is 0 Å². The van der Waals surface area contributed by atoms with Crippen LogP contribution in [0.5, 0.6) is 5.75 Å². The first kappa shape index (κ1) is 18.7. The van der Waals surface area contributed by atoms with Gasteiger partial charge < -0.3 is 9.84 Å². The Hall–Kier alpha value is -3.10. The second-order valence-corrected chi connectivity index (χ2v) is 6.25. The quantitative estimate of drug-likeness (QED) is 0.328. The molecule has 0 atom stereocenters. The van der Waals surface area contributed by atoms with Gasteiger partial charge in [0.15, 0.2) is 0 Å². The first-order valence-corrected chi connectivity index (χ1v) is 9.17. The Balaban J connectivity index is 1.92. The predicted molar refractivity (Wildman–Crippen MR) is 111 cm³/mol. The van der Waals surface area contributed by atoms with Gasteiger partial charge in [-0.3, -0.25) is 0 Å². The Kier molecular flexibility index (Phi) is 6.24. The highest BCUT2D eigenvalue weighted by molar-refractivity contribution is 5.48. The summed E-state index contributed by atoms with van der Waals surface area (Å²) >= 11 is 0. The molecule has 0 fully saturated rings. The van der Waals surface area contributed by atoms with Gasteiger partial charge in [0.25, 0.3) is 0 Å². The number of aliphatic hydroxyl groups is 1. The van der Waals surface area contributed by atoms with Crippen molar-refractivity contribution >= 4 is 0 Å². The van der Waals surface area contributed by atoms with Gasteiger partial charge in [-0.1, -0.05) is 91.9 Å². The van der Waals surface area contributed by atoms with Gasteiger partial charge in [0.2, 0.25) is 0 Å². The largest absolute Gasteiger partial charge is 0.465 e. The standard InChI is InChI=1S/C25H24O2/c1-2-3-4-11-20-27-24-18-16-23(17-19-24)25(26,21-12-7-5-8-13-21)22-14-9-6-10-15-22/h3-20,26H,2H2,1H3. The highest BCUT2D eigenvalue weighted by atomic mass is 16.5. The Morgan fingerprint density at radius 2 is 1.26 bits per heavy atom. The van der Waals surface area contributed by atoms with Crippen molar-refractivity contribution < 1.29 is 9.84 Å². The maximum atomic E-state index is 11.7. The van der Waals surface area contributed by atoms with Gasteiger partial charge in [0.05, 0.1) is 6.26 Å². The minimum absolute atomic E-state index is 0.725. The van der Waals surface area contributed by atoms with E-state index in [0.29, 0.717) is 0 Å². The normalized spacial score (nSPS) is 11.9. The number of ether oxygens (including phenoxy) is 1. The number of hydrogen-bond acceptors (Lipinski definition) is 2. The SMILES string of the molecule is CCC=CC=COc1ccc(C(O)(c2ccccc2)c2ccccc2)cc1. The first-order chi connectivity index (χ1) is 13.2. The summed E-state index contributed by atoms with van der Waals surface area (Å²) in [5.74, 6) is 0.725. The van der Waals surface area contributed by atoms with E-state index in [1.54, 1.807) is 6.26 Å². The van der Waals surface area contributed by atoms with Crippen molar-refractivity contribution in [3.63, 3.8) is 0 Å². The fraction of sp³-hybridized carbons (Fsp3) is 0.120. The molecule has 3 aromatic rings. The number of allylic oxidation sites excluding steroid dienone is 3. The van der Waals surface area contributed by atoms with Gasteiger partial charge in [-0.25, -0.2) is 0 Å². The van der Waals surface area contributed by atoms with E-state index in [4.69, 9.17) is 4.74 Å². The van der Waals surface area contributed by atoms with Gasteiger partial charge in [-0.05, 0) is 41.3 Å². The highest BCUT2D eigenvalue weighted by Gasteiger charge is 2.33. The highest BCUT2D eigenvalue weighted by Crippen LogP contribution is 2.37. The second-order valence-electron chi connectivity index (χ2n) is 6.25. The average molecular weight is 356 g/mol. The second kappa shape index (κ2) is 9.02. The minimum atomic E-state index is -1.22. The van der Waals surface area contributed by atoms with Crippen LogP contribution in [0, 0.1) is 0 Å². The molecule has 3 aromatic carbocycles. The third kappa shape index (κ3) is 4.36. The van der Waals surface area contributed by atoms with E-state index in [2.05, 4.69) is 13.0 Å². The Labute approximate surface area is 161 Å². The van der Waals surface area contributed by atoms with Crippen LogP contribution in [0.4, 0.5) is 0 Å². The van der Waals surface area contributed by atoms with E-state index in [9.17, 15) is 5.11 Å². The molecule has 0 aliphatic heterocycles. The summed E-state index contributed by atoms with van der Waals surface area (Å²) in [6, 6.07) is 27.0. The summed E-state index contributed by atoms with van der Waals surface area (Å²) < 4.78 is 5.62. The lowest BCUT2D eigenvalue weighted by molar-refractivity contribution is 0.125. The van der Waals surface area contributed by atoms with Crippen molar-refractivity contribution in [2.45, 2.75) is 18.9 Å². The van der Waals surface area contributed by atoms with E-state index in [1.807, 2.05) is 97.1 Å². The zero-order chi connectivity index (χ0) is 19.0.